The maximum atomic E-state index is 11.7. The van der Waals surface area contributed by atoms with Crippen LogP contribution in [0.4, 0.5) is 0 Å². The molecule has 2 aromatic carbocycles. The fourth-order valence-electron chi connectivity index (χ4n) is 2.05. The minimum absolute atomic E-state index is 0.0513. The molecule has 2 aromatic rings. The highest BCUT2D eigenvalue weighted by molar-refractivity contribution is 5.85. The Bertz CT molecular complexity index is 762. The summed E-state index contributed by atoms with van der Waals surface area (Å²) in [5.41, 5.74) is 3.93. The van der Waals surface area contributed by atoms with Crippen LogP contribution in [0.2, 0.25) is 0 Å². The van der Waals surface area contributed by atoms with E-state index in [2.05, 4.69) is 31.3 Å². The molecule has 0 aliphatic rings. The van der Waals surface area contributed by atoms with Crippen LogP contribution in [-0.4, -0.2) is 28.9 Å². The predicted octanol–water partition coefficient (Wildman–Crippen LogP) is 2.92. The Morgan fingerprint density at radius 1 is 1.16 bits per heavy atom. The first-order valence-electron chi connectivity index (χ1n) is 7.83. The van der Waals surface area contributed by atoms with Crippen LogP contribution in [-0.2, 0) is 10.2 Å². The van der Waals surface area contributed by atoms with Gasteiger partial charge in [0.2, 0.25) is 0 Å². The molecule has 1 amide bonds. The average Bonchev–Trinajstić information content (AvgIpc) is 2.54. The van der Waals surface area contributed by atoms with Crippen LogP contribution < -0.4 is 10.2 Å². The maximum Gasteiger partial charge on any atom is 0.277 e. The molecule has 2 rings (SSSR count). The number of amides is 1. The van der Waals surface area contributed by atoms with E-state index in [1.165, 1.54) is 30.0 Å². The zero-order chi connectivity index (χ0) is 18.4. The van der Waals surface area contributed by atoms with Gasteiger partial charge in [-0.15, -0.1) is 0 Å². The lowest BCUT2D eigenvalue weighted by atomic mass is 9.87. The second-order valence-electron chi connectivity index (χ2n) is 6.60. The lowest BCUT2D eigenvalue weighted by Gasteiger charge is -2.19. The Balaban J connectivity index is 1.83. The van der Waals surface area contributed by atoms with E-state index in [9.17, 15) is 15.0 Å². The van der Waals surface area contributed by atoms with Gasteiger partial charge in [0.1, 0.15) is 17.2 Å². The molecule has 0 aliphatic heterocycles. The molecule has 0 unspecified atom stereocenters. The molecule has 0 saturated heterocycles. The summed E-state index contributed by atoms with van der Waals surface area (Å²) in [5.74, 6) is -0.00419. The molecule has 0 bridgehead atoms. The molecule has 6 nitrogen and oxygen atoms in total. The monoisotopic (exact) mass is 342 g/mol. The quantitative estimate of drug-likeness (QED) is 0.575. The average molecular weight is 342 g/mol. The van der Waals surface area contributed by atoms with Crippen LogP contribution in [0.3, 0.4) is 0 Å². The largest absolute Gasteiger partial charge is 0.508 e. The molecule has 0 radical (unpaired) electrons. The summed E-state index contributed by atoms with van der Waals surface area (Å²) in [4.78, 5) is 11.7. The summed E-state index contributed by atoms with van der Waals surface area (Å²) in [6, 6.07) is 11.7. The highest BCUT2D eigenvalue weighted by Gasteiger charge is 2.13. The molecule has 6 heteroatoms. The zero-order valence-electron chi connectivity index (χ0n) is 14.5. The van der Waals surface area contributed by atoms with E-state index in [-0.39, 0.29) is 23.5 Å². The van der Waals surface area contributed by atoms with Crippen molar-refractivity contribution in [3.05, 3.63) is 53.6 Å². The summed E-state index contributed by atoms with van der Waals surface area (Å²) in [5, 5.41) is 22.5. The molecule has 0 heterocycles. The van der Waals surface area contributed by atoms with Gasteiger partial charge in [-0.3, -0.25) is 4.79 Å². The number of phenolic OH excluding ortho intramolecular Hbond substituents is 2. The number of carbonyl (C=O) groups is 1. The second-order valence-corrected chi connectivity index (χ2v) is 6.60. The van der Waals surface area contributed by atoms with Crippen LogP contribution in [0.15, 0.2) is 47.6 Å². The number of hydrogen-bond acceptors (Lipinski definition) is 5. The first kappa shape index (κ1) is 18.3. The Hall–Kier alpha value is -3.02. The lowest BCUT2D eigenvalue weighted by Crippen LogP contribution is -2.24. The van der Waals surface area contributed by atoms with Gasteiger partial charge in [-0.1, -0.05) is 32.9 Å². The van der Waals surface area contributed by atoms with Crippen molar-refractivity contribution < 1.29 is 19.7 Å². The van der Waals surface area contributed by atoms with Crippen LogP contribution in [0.5, 0.6) is 17.2 Å². The highest BCUT2D eigenvalue weighted by Crippen LogP contribution is 2.24. The van der Waals surface area contributed by atoms with E-state index in [1.807, 2.05) is 24.3 Å². The summed E-state index contributed by atoms with van der Waals surface area (Å²) < 4.78 is 5.41. The van der Waals surface area contributed by atoms with E-state index in [0.29, 0.717) is 11.3 Å². The molecule has 0 aromatic heterocycles. The SMILES string of the molecule is CC(C)(C)c1ccc(OCC(=O)N/N=C\c2ccc(O)cc2O)cc1. The van der Waals surface area contributed by atoms with Crippen molar-refractivity contribution in [2.24, 2.45) is 5.10 Å². The van der Waals surface area contributed by atoms with Gasteiger partial charge in [0, 0.05) is 11.6 Å². The fourth-order valence-corrected chi connectivity index (χ4v) is 2.05. The van der Waals surface area contributed by atoms with Gasteiger partial charge in [0.05, 0.1) is 6.21 Å². The molecular formula is C19H22N2O4. The van der Waals surface area contributed by atoms with Gasteiger partial charge in [-0.2, -0.15) is 5.10 Å². The van der Waals surface area contributed by atoms with Crippen LogP contribution in [0.25, 0.3) is 0 Å². The summed E-state index contributed by atoms with van der Waals surface area (Å²) in [6.07, 6.45) is 1.28. The molecular weight excluding hydrogens is 320 g/mol. The van der Waals surface area contributed by atoms with Crippen molar-refractivity contribution in [3.8, 4) is 17.2 Å². The number of phenols is 2. The van der Waals surface area contributed by atoms with Gasteiger partial charge in [0.25, 0.3) is 5.91 Å². The summed E-state index contributed by atoms with van der Waals surface area (Å²) >= 11 is 0. The van der Waals surface area contributed by atoms with E-state index in [4.69, 9.17) is 4.74 Å². The standard InChI is InChI=1S/C19H22N2O4/c1-19(2,3)14-5-8-16(9-6-14)25-12-18(24)21-20-11-13-4-7-15(22)10-17(13)23/h4-11,22-23H,12H2,1-3H3,(H,21,24)/b20-11-. The van der Waals surface area contributed by atoms with Gasteiger partial charge in [-0.25, -0.2) is 5.43 Å². The van der Waals surface area contributed by atoms with E-state index in [0.717, 1.165) is 0 Å². The number of aromatic hydroxyl groups is 2. The smallest absolute Gasteiger partial charge is 0.277 e. The van der Waals surface area contributed by atoms with E-state index < -0.39 is 5.91 Å². The molecule has 132 valence electrons. The number of carbonyl (C=O) groups excluding carboxylic acids is 1. The van der Waals surface area contributed by atoms with Gasteiger partial charge >= 0.3 is 0 Å². The first-order chi connectivity index (χ1) is 11.8. The number of nitrogens with zero attached hydrogens (tertiary/aromatic N) is 1. The van der Waals surface area contributed by atoms with Crippen molar-refractivity contribution in [2.75, 3.05) is 6.61 Å². The molecule has 25 heavy (non-hydrogen) atoms. The third-order valence-electron chi connectivity index (χ3n) is 3.50. The number of hydrogen-bond donors (Lipinski definition) is 3. The topological polar surface area (TPSA) is 91.2 Å². The minimum Gasteiger partial charge on any atom is -0.508 e. The van der Waals surface area contributed by atoms with E-state index >= 15 is 0 Å². The Kier molecular flexibility index (Phi) is 5.64. The number of nitrogens with one attached hydrogen (secondary N) is 1. The number of ether oxygens (including phenoxy) is 1. The van der Waals surface area contributed by atoms with Crippen molar-refractivity contribution >= 4 is 12.1 Å². The number of benzene rings is 2. The zero-order valence-corrected chi connectivity index (χ0v) is 14.5. The number of hydrazone groups is 1. The Morgan fingerprint density at radius 3 is 2.44 bits per heavy atom. The number of rotatable bonds is 5. The third kappa shape index (κ3) is 5.53. The van der Waals surface area contributed by atoms with Gasteiger partial charge in [-0.05, 0) is 35.2 Å². The Morgan fingerprint density at radius 2 is 1.84 bits per heavy atom. The minimum atomic E-state index is -0.422. The normalized spacial score (nSPS) is 11.5. The van der Waals surface area contributed by atoms with Gasteiger partial charge < -0.3 is 14.9 Å². The predicted molar refractivity (Wildman–Crippen MR) is 96.1 cm³/mol. The molecule has 0 atom stereocenters. The van der Waals surface area contributed by atoms with Crippen molar-refractivity contribution in [1.29, 1.82) is 0 Å². The second kappa shape index (κ2) is 7.70. The van der Waals surface area contributed by atoms with Crippen molar-refractivity contribution in [3.63, 3.8) is 0 Å². The van der Waals surface area contributed by atoms with Gasteiger partial charge in [0.15, 0.2) is 6.61 Å². The molecule has 0 fully saturated rings. The summed E-state index contributed by atoms with van der Waals surface area (Å²) in [7, 11) is 0. The van der Waals surface area contributed by atoms with Crippen LogP contribution in [0.1, 0.15) is 31.9 Å². The molecule has 0 aliphatic carbocycles. The Labute approximate surface area is 146 Å². The van der Waals surface area contributed by atoms with Crippen LogP contribution >= 0.6 is 0 Å². The molecule has 0 spiro atoms. The van der Waals surface area contributed by atoms with E-state index in [1.54, 1.807) is 0 Å². The molecule has 0 saturated carbocycles. The maximum absolute atomic E-state index is 11.7. The van der Waals surface area contributed by atoms with Crippen LogP contribution in [0, 0.1) is 0 Å². The summed E-state index contributed by atoms with van der Waals surface area (Å²) in [6.45, 7) is 6.20. The molecule has 3 N–H and O–H groups in total. The van der Waals surface area contributed by atoms with Crippen molar-refractivity contribution in [1.82, 2.24) is 5.43 Å². The fraction of sp³-hybridized carbons (Fsp3) is 0.263. The lowest BCUT2D eigenvalue weighted by molar-refractivity contribution is -0.123. The first-order valence-corrected chi connectivity index (χ1v) is 7.83. The highest BCUT2D eigenvalue weighted by atomic mass is 16.5. The van der Waals surface area contributed by atoms with Crippen molar-refractivity contribution in [2.45, 2.75) is 26.2 Å². The third-order valence-corrected chi connectivity index (χ3v) is 3.50.